The Morgan fingerprint density at radius 1 is 1.30 bits per heavy atom. The standard InChI is InChI=1S/C17H25NO2/c1-12(2)10-16(17(19)20-3)18-11-13-4-6-14(7-5-13)15-8-9-15/h4-7,12,15-16,18H,8-11H2,1-3H3. The van der Waals surface area contributed by atoms with Crippen LogP contribution in [0.1, 0.15) is 50.2 Å². The van der Waals surface area contributed by atoms with Gasteiger partial charge in [-0.3, -0.25) is 4.79 Å². The van der Waals surface area contributed by atoms with Crippen LogP contribution < -0.4 is 5.32 Å². The fourth-order valence-electron chi connectivity index (χ4n) is 2.44. The van der Waals surface area contributed by atoms with E-state index in [-0.39, 0.29) is 12.0 Å². The predicted molar refractivity (Wildman–Crippen MR) is 80.5 cm³/mol. The van der Waals surface area contributed by atoms with Crippen LogP contribution in [0.4, 0.5) is 0 Å². The summed E-state index contributed by atoms with van der Waals surface area (Å²) in [6, 6.07) is 8.52. The molecule has 1 saturated carbocycles. The van der Waals surface area contributed by atoms with Gasteiger partial charge in [0.1, 0.15) is 6.04 Å². The molecule has 2 rings (SSSR count). The summed E-state index contributed by atoms with van der Waals surface area (Å²) in [4.78, 5) is 11.7. The third-order valence-corrected chi connectivity index (χ3v) is 3.77. The molecule has 0 spiro atoms. The average molecular weight is 275 g/mol. The maximum absolute atomic E-state index is 11.7. The van der Waals surface area contributed by atoms with Gasteiger partial charge in [0, 0.05) is 6.54 Å². The lowest BCUT2D eigenvalue weighted by atomic mass is 10.0. The molecule has 0 aliphatic heterocycles. The number of rotatable bonds is 7. The third-order valence-electron chi connectivity index (χ3n) is 3.77. The molecule has 3 nitrogen and oxygen atoms in total. The smallest absolute Gasteiger partial charge is 0.322 e. The fourth-order valence-corrected chi connectivity index (χ4v) is 2.44. The number of ether oxygens (including phenoxy) is 1. The zero-order valence-electron chi connectivity index (χ0n) is 12.7. The highest BCUT2D eigenvalue weighted by Gasteiger charge is 2.23. The van der Waals surface area contributed by atoms with Gasteiger partial charge in [0.15, 0.2) is 0 Å². The molecule has 0 saturated heterocycles. The Morgan fingerprint density at radius 2 is 1.95 bits per heavy atom. The van der Waals surface area contributed by atoms with E-state index >= 15 is 0 Å². The zero-order chi connectivity index (χ0) is 14.5. The van der Waals surface area contributed by atoms with Gasteiger partial charge in [0.25, 0.3) is 0 Å². The first-order valence-corrected chi connectivity index (χ1v) is 7.50. The fraction of sp³-hybridized carbons (Fsp3) is 0.588. The monoisotopic (exact) mass is 275 g/mol. The van der Waals surface area contributed by atoms with Crippen LogP contribution in [0.3, 0.4) is 0 Å². The number of hydrogen-bond donors (Lipinski definition) is 1. The van der Waals surface area contributed by atoms with Crippen molar-refractivity contribution in [3.8, 4) is 0 Å². The summed E-state index contributed by atoms with van der Waals surface area (Å²) in [5, 5.41) is 3.31. The van der Waals surface area contributed by atoms with Gasteiger partial charge >= 0.3 is 5.97 Å². The van der Waals surface area contributed by atoms with Crippen LogP contribution >= 0.6 is 0 Å². The molecule has 0 aromatic heterocycles. The number of carbonyl (C=O) groups excluding carboxylic acids is 1. The molecule has 1 aliphatic rings. The molecule has 1 atom stereocenters. The van der Waals surface area contributed by atoms with Gasteiger partial charge in [-0.05, 0) is 42.2 Å². The van der Waals surface area contributed by atoms with Gasteiger partial charge in [-0.2, -0.15) is 0 Å². The Kier molecular flexibility index (Phi) is 5.18. The summed E-state index contributed by atoms with van der Waals surface area (Å²) in [6.45, 7) is 4.93. The predicted octanol–water partition coefficient (Wildman–Crippen LogP) is 3.24. The molecular formula is C17H25NO2. The number of benzene rings is 1. The van der Waals surface area contributed by atoms with E-state index in [1.54, 1.807) is 0 Å². The van der Waals surface area contributed by atoms with Crippen molar-refractivity contribution >= 4 is 5.97 Å². The molecule has 0 amide bonds. The first-order chi connectivity index (χ1) is 9.60. The van der Waals surface area contributed by atoms with E-state index in [1.807, 2.05) is 0 Å². The maximum Gasteiger partial charge on any atom is 0.322 e. The van der Waals surface area contributed by atoms with Gasteiger partial charge in [-0.15, -0.1) is 0 Å². The molecule has 20 heavy (non-hydrogen) atoms. The van der Waals surface area contributed by atoms with E-state index in [0.717, 1.165) is 12.3 Å². The Bertz CT molecular complexity index is 435. The molecule has 110 valence electrons. The highest BCUT2D eigenvalue weighted by atomic mass is 16.5. The highest BCUT2D eigenvalue weighted by molar-refractivity contribution is 5.75. The van der Waals surface area contributed by atoms with E-state index in [9.17, 15) is 4.79 Å². The Labute approximate surface area is 121 Å². The quantitative estimate of drug-likeness (QED) is 0.776. The minimum atomic E-state index is -0.219. The Morgan fingerprint density at radius 3 is 2.45 bits per heavy atom. The SMILES string of the molecule is COC(=O)C(CC(C)C)NCc1ccc(C2CC2)cc1. The Hall–Kier alpha value is -1.35. The van der Waals surface area contributed by atoms with Crippen LogP contribution in [0.2, 0.25) is 0 Å². The van der Waals surface area contributed by atoms with Crippen molar-refractivity contribution in [1.82, 2.24) is 5.32 Å². The lowest BCUT2D eigenvalue weighted by Crippen LogP contribution is -2.38. The molecule has 0 heterocycles. The van der Waals surface area contributed by atoms with Crippen molar-refractivity contribution in [2.24, 2.45) is 5.92 Å². The van der Waals surface area contributed by atoms with E-state index < -0.39 is 0 Å². The summed E-state index contributed by atoms with van der Waals surface area (Å²) in [7, 11) is 1.45. The number of hydrogen-bond acceptors (Lipinski definition) is 3. The minimum absolute atomic E-state index is 0.173. The molecule has 1 unspecified atom stereocenters. The van der Waals surface area contributed by atoms with Crippen LogP contribution in [-0.2, 0) is 16.1 Å². The maximum atomic E-state index is 11.7. The molecule has 0 radical (unpaired) electrons. The molecule has 1 aromatic carbocycles. The molecular weight excluding hydrogens is 250 g/mol. The Balaban J connectivity index is 1.88. The van der Waals surface area contributed by atoms with Crippen LogP contribution in [0.25, 0.3) is 0 Å². The molecule has 1 aliphatic carbocycles. The molecule has 3 heteroatoms. The van der Waals surface area contributed by atoms with Crippen molar-refractivity contribution in [1.29, 1.82) is 0 Å². The minimum Gasteiger partial charge on any atom is -0.468 e. The largest absolute Gasteiger partial charge is 0.468 e. The van der Waals surface area contributed by atoms with Gasteiger partial charge in [0.2, 0.25) is 0 Å². The van der Waals surface area contributed by atoms with E-state index in [4.69, 9.17) is 4.74 Å². The van der Waals surface area contributed by atoms with Gasteiger partial charge in [0.05, 0.1) is 7.11 Å². The lowest BCUT2D eigenvalue weighted by molar-refractivity contribution is -0.143. The number of esters is 1. The van der Waals surface area contributed by atoms with Crippen molar-refractivity contribution in [2.45, 2.75) is 51.6 Å². The first kappa shape index (κ1) is 15.0. The second kappa shape index (κ2) is 6.89. The lowest BCUT2D eigenvalue weighted by Gasteiger charge is -2.18. The molecule has 1 fully saturated rings. The first-order valence-electron chi connectivity index (χ1n) is 7.50. The summed E-state index contributed by atoms with van der Waals surface area (Å²) in [6.07, 6.45) is 3.46. The number of methoxy groups -OCH3 is 1. The van der Waals surface area contributed by atoms with E-state index in [0.29, 0.717) is 12.5 Å². The molecule has 0 bridgehead atoms. The second-order valence-corrected chi connectivity index (χ2v) is 6.10. The zero-order valence-corrected chi connectivity index (χ0v) is 12.7. The van der Waals surface area contributed by atoms with Crippen LogP contribution in [0.15, 0.2) is 24.3 Å². The topological polar surface area (TPSA) is 38.3 Å². The summed E-state index contributed by atoms with van der Waals surface area (Å²) in [5.41, 5.74) is 2.66. The summed E-state index contributed by atoms with van der Waals surface area (Å²) < 4.78 is 4.86. The average Bonchev–Trinajstić information content (AvgIpc) is 3.27. The number of nitrogens with one attached hydrogen (secondary N) is 1. The van der Waals surface area contributed by atoms with Crippen molar-refractivity contribution in [2.75, 3.05) is 7.11 Å². The van der Waals surface area contributed by atoms with E-state index in [2.05, 4.69) is 43.4 Å². The van der Waals surface area contributed by atoms with Crippen molar-refractivity contribution < 1.29 is 9.53 Å². The van der Waals surface area contributed by atoms with Crippen molar-refractivity contribution in [3.63, 3.8) is 0 Å². The van der Waals surface area contributed by atoms with Gasteiger partial charge < -0.3 is 10.1 Å². The normalized spacial score (nSPS) is 16.2. The second-order valence-electron chi connectivity index (χ2n) is 6.10. The van der Waals surface area contributed by atoms with Crippen LogP contribution in [-0.4, -0.2) is 19.1 Å². The van der Waals surface area contributed by atoms with Crippen LogP contribution in [0.5, 0.6) is 0 Å². The summed E-state index contributed by atoms with van der Waals surface area (Å²) >= 11 is 0. The van der Waals surface area contributed by atoms with Crippen molar-refractivity contribution in [3.05, 3.63) is 35.4 Å². The van der Waals surface area contributed by atoms with Crippen LogP contribution in [0, 0.1) is 5.92 Å². The number of carbonyl (C=O) groups is 1. The summed E-state index contributed by atoms with van der Waals surface area (Å²) in [5.74, 6) is 1.08. The van der Waals surface area contributed by atoms with Gasteiger partial charge in [-0.25, -0.2) is 0 Å². The molecule has 1 aromatic rings. The molecule has 1 N–H and O–H groups in total. The van der Waals surface area contributed by atoms with Gasteiger partial charge in [-0.1, -0.05) is 38.1 Å². The third kappa shape index (κ3) is 4.34. The highest BCUT2D eigenvalue weighted by Crippen LogP contribution is 2.39. The van der Waals surface area contributed by atoms with E-state index in [1.165, 1.54) is 31.1 Å².